The van der Waals surface area contributed by atoms with E-state index in [0.717, 1.165) is 57.8 Å². The monoisotopic (exact) mass is 720 g/mol. The lowest BCUT2D eigenvalue weighted by atomic mass is 10.1. The fourth-order valence-electron chi connectivity index (χ4n) is 5.87. The van der Waals surface area contributed by atoms with Crippen molar-refractivity contribution in [1.82, 2.24) is 4.90 Å². The third-order valence-electron chi connectivity index (χ3n) is 9.21. The van der Waals surface area contributed by atoms with Crippen molar-refractivity contribution in [3.63, 3.8) is 0 Å². The van der Waals surface area contributed by atoms with E-state index in [1.807, 2.05) is 19.0 Å². The molecule has 0 saturated carbocycles. The van der Waals surface area contributed by atoms with E-state index >= 15 is 0 Å². The molecule has 0 aliphatic carbocycles. The van der Waals surface area contributed by atoms with E-state index in [-0.39, 0.29) is 37.5 Å². The summed E-state index contributed by atoms with van der Waals surface area (Å²) >= 11 is 0. The Morgan fingerprint density at radius 1 is 0.451 bits per heavy atom. The van der Waals surface area contributed by atoms with Gasteiger partial charge in [-0.1, -0.05) is 141 Å². The van der Waals surface area contributed by atoms with Crippen molar-refractivity contribution in [2.45, 2.75) is 206 Å². The van der Waals surface area contributed by atoms with Gasteiger partial charge in [0.1, 0.15) is 13.2 Å². The lowest BCUT2D eigenvalue weighted by Crippen LogP contribution is -2.31. The Morgan fingerprint density at radius 2 is 0.784 bits per heavy atom. The van der Waals surface area contributed by atoms with Gasteiger partial charge >= 0.3 is 17.9 Å². The summed E-state index contributed by atoms with van der Waals surface area (Å²) in [6.07, 6.45) is 40.6. The van der Waals surface area contributed by atoms with Gasteiger partial charge in [-0.3, -0.25) is 14.4 Å². The zero-order chi connectivity index (χ0) is 37.5. The Bertz CT molecular complexity index is 855. The molecule has 7 nitrogen and oxygen atoms in total. The molecule has 0 aromatic carbocycles. The van der Waals surface area contributed by atoms with E-state index in [1.54, 1.807) is 0 Å². The number of rotatable bonds is 38. The molecular formula is C44H81NO6. The fourth-order valence-corrected chi connectivity index (χ4v) is 5.87. The number of esters is 3. The van der Waals surface area contributed by atoms with E-state index in [9.17, 15) is 14.4 Å². The Hall–Kier alpha value is -2.15. The Morgan fingerprint density at radius 3 is 1.18 bits per heavy atom. The van der Waals surface area contributed by atoms with Crippen LogP contribution in [0.25, 0.3) is 0 Å². The van der Waals surface area contributed by atoms with Gasteiger partial charge in [0.15, 0.2) is 6.10 Å². The Balaban J connectivity index is 4.16. The van der Waals surface area contributed by atoms with Crippen molar-refractivity contribution >= 4 is 17.9 Å². The highest BCUT2D eigenvalue weighted by atomic mass is 16.6. The predicted molar refractivity (Wildman–Crippen MR) is 214 cm³/mol. The van der Waals surface area contributed by atoms with E-state index in [2.05, 4.69) is 38.2 Å². The molecule has 0 rings (SSSR count). The van der Waals surface area contributed by atoms with Crippen LogP contribution in [0.4, 0.5) is 0 Å². The van der Waals surface area contributed by atoms with Gasteiger partial charge < -0.3 is 19.1 Å². The van der Waals surface area contributed by atoms with E-state index in [1.165, 1.54) is 109 Å². The van der Waals surface area contributed by atoms with E-state index in [0.29, 0.717) is 19.4 Å². The molecule has 298 valence electrons. The zero-order valence-electron chi connectivity index (χ0n) is 33.9. The maximum Gasteiger partial charge on any atom is 0.307 e. The molecule has 7 heteroatoms. The maximum atomic E-state index is 12.6. The summed E-state index contributed by atoms with van der Waals surface area (Å²) < 4.78 is 16.4. The van der Waals surface area contributed by atoms with Crippen molar-refractivity contribution in [3.8, 4) is 0 Å². The molecule has 0 saturated heterocycles. The van der Waals surface area contributed by atoms with Crippen LogP contribution in [0.5, 0.6) is 0 Å². The van der Waals surface area contributed by atoms with Gasteiger partial charge in [-0.15, -0.1) is 0 Å². The number of ether oxygens (including phenoxy) is 3. The fraction of sp³-hybridized carbons (Fsp3) is 0.841. The first-order valence-corrected chi connectivity index (χ1v) is 21.3. The van der Waals surface area contributed by atoms with Crippen LogP contribution in [0.1, 0.15) is 200 Å². The second kappa shape index (κ2) is 39.1. The Kier molecular flexibility index (Phi) is 37.4. The third-order valence-corrected chi connectivity index (χ3v) is 9.21. The van der Waals surface area contributed by atoms with Gasteiger partial charge in [-0.2, -0.15) is 0 Å². The van der Waals surface area contributed by atoms with Crippen LogP contribution in [0.15, 0.2) is 24.3 Å². The van der Waals surface area contributed by atoms with Gasteiger partial charge in [0.25, 0.3) is 0 Å². The number of hydrogen-bond acceptors (Lipinski definition) is 7. The second-order valence-electron chi connectivity index (χ2n) is 14.7. The molecule has 1 unspecified atom stereocenters. The quantitative estimate of drug-likeness (QED) is 0.0272. The molecule has 1 atom stereocenters. The van der Waals surface area contributed by atoms with Crippen molar-refractivity contribution < 1.29 is 28.6 Å². The molecule has 0 aliphatic heterocycles. The minimum Gasteiger partial charge on any atom is -0.462 e. The van der Waals surface area contributed by atoms with Crippen LogP contribution in [0, 0.1) is 0 Å². The molecular weight excluding hydrogens is 638 g/mol. The smallest absolute Gasteiger partial charge is 0.307 e. The molecule has 0 heterocycles. The second-order valence-corrected chi connectivity index (χ2v) is 14.7. The summed E-state index contributed by atoms with van der Waals surface area (Å²) in [5.41, 5.74) is 0. The van der Waals surface area contributed by atoms with Gasteiger partial charge in [-0.25, -0.2) is 0 Å². The van der Waals surface area contributed by atoms with Crippen LogP contribution < -0.4 is 0 Å². The van der Waals surface area contributed by atoms with Crippen LogP contribution in [0.3, 0.4) is 0 Å². The number of unbranched alkanes of at least 4 members (excludes halogenated alkanes) is 22. The van der Waals surface area contributed by atoms with E-state index < -0.39 is 6.10 Å². The zero-order valence-corrected chi connectivity index (χ0v) is 33.9. The van der Waals surface area contributed by atoms with Gasteiger partial charge in [-0.05, 0) is 78.3 Å². The van der Waals surface area contributed by atoms with Crippen LogP contribution in [0.2, 0.25) is 0 Å². The highest BCUT2D eigenvalue weighted by molar-refractivity contribution is 5.71. The van der Waals surface area contributed by atoms with Crippen LogP contribution >= 0.6 is 0 Å². The molecule has 0 aromatic rings. The molecule has 0 aliphatic rings. The number of hydrogen-bond donors (Lipinski definition) is 0. The highest BCUT2D eigenvalue weighted by Gasteiger charge is 2.19. The minimum absolute atomic E-state index is 0.0943. The van der Waals surface area contributed by atoms with Crippen molar-refractivity contribution in [2.24, 2.45) is 0 Å². The van der Waals surface area contributed by atoms with Crippen LogP contribution in [-0.2, 0) is 28.6 Å². The molecule has 0 spiro atoms. The molecule has 51 heavy (non-hydrogen) atoms. The number of nitrogens with zero attached hydrogens (tertiary/aromatic N) is 1. The topological polar surface area (TPSA) is 82.1 Å². The predicted octanol–water partition coefficient (Wildman–Crippen LogP) is 12.0. The molecule has 0 aromatic heterocycles. The summed E-state index contributed by atoms with van der Waals surface area (Å²) in [6, 6.07) is 0. The molecule has 0 radical (unpaired) electrons. The molecule has 0 N–H and O–H groups in total. The summed E-state index contributed by atoms with van der Waals surface area (Å²) in [5, 5.41) is 0. The highest BCUT2D eigenvalue weighted by Crippen LogP contribution is 2.13. The minimum atomic E-state index is -0.790. The Labute approximate surface area is 315 Å². The van der Waals surface area contributed by atoms with Crippen molar-refractivity contribution in [1.29, 1.82) is 0 Å². The first kappa shape index (κ1) is 48.9. The van der Waals surface area contributed by atoms with Crippen LogP contribution in [-0.4, -0.2) is 62.8 Å². The van der Waals surface area contributed by atoms with Crippen molar-refractivity contribution in [3.05, 3.63) is 24.3 Å². The number of allylic oxidation sites excluding steroid dienone is 4. The average molecular weight is 720 g/mol. The van der Waals surface area contributed by atoms with E-state index in [4.69, 9.17) is 14.2 Å². The SMILES string of the molecule is CCCCCCCC/C=C\CCCCCCCC(=O)OCC(COC(=O)CCN(C)C)OC(=O)CCCCCCC/C=C\CCCCCCCC. The first-order valence-electron chi connectivity index (χ1n) is 21.3. The standard InChI is InChI=1S/C44H81NO6/c1-5-7-9-11-13-15-17-19-21-23-25-27-29-31-33-35-42(46)49-39-41(40-50-43(47)37-38-45(3)4)51-44(48)36-34-32-30-28-26-24-22-20-18-16-14-12-10-8-6-2/h19-22,41H,5-18,23-40H2,1-4H3/b21-19-,22-20-. The largest absolute Gasteiger partial charge is 0.462 e. The third kappa shape index (κ3) is 38.9. The first-order chi connectivity index (χ1) is 24.9. The normalized spacial score (nSPS) is 12.3. The average Bonchev–Trinajstić information content (AvgIpc) is 3.11. The number of carbonyl (C=O) groups excluding carboxylic acids is 3. The summed E-state index contributed by atoms with van der Waals surface area (Å²) in [6.45, 7) is 4.89. The lowest BCUT2D eigenvalue weighted by Gasteiger charge is -2.18. The van der Waals surface area contributed by atoms with Gasteiger partial charge in [0, 0.05) is 19.4 Å². The summed E-state index contributed by atoms with van der Waals surface area (Å²) in [7, 11) is 3.78. The van der Waals surface area contributed by atoms with Crippen molar-refractivity contribution in [2.75, 3.05) is 33.9 Å². The summed E-state index contributed by atoms with van der Waals surface area (Å²) in [4.78, 5) is 39.1. The number of carbonyl (C=O) groups is 3. The van der Waals surface area contributed by atoms with Gasteiger partial charge in [0.2, 0.25) is 0 Å². The summed E-state index contributed by atoms with van der Waals surface area (Å²) in [5.74, 6) is -0.998. The maximum absolute atomic E-state index is 12.6. The molecule has 0 bridgehead atoms. The lowest BCUT2D eigenvalue weighted by molar-refractivity contribution is -0.167. The molecule has 0 fully saturated rings. The van der Waals surface area contributed by atoms with Gasteiger partial charge in [0.05, 0.1) is 6.42 Å². The molecule has 0 amide bonds.